The van der Waals surface area contributed by atoms with Gasteiger partial charge < -0.3 is 5.32 Å². The third-order valence-electron chi connectivity index (χ3n) is 3.61. The first kappa shape index (κ1) is 15.6. The number of hydrogen-bond donors (Lipinski definition) is 1. The molecule has 114 valence electrons. The van der Waals surface area contributed by atoms with E-state index in [1.807, 2.05) is 35.0 Å². The van der Waals surface area contributed by atoms with Crippen LogP contribution < -0.4 is 5.32 Å². The molecule has 0 aliphatic rings. The van der Waals surface area contributed by atoms with Gasteiger partial charge in [0.2, 0.25) is 0 Å². The van der Waals surface area contributed by atoms with Gasteiger partial charge in [-0.25, -0.2) is 0 Å². The van der Waals surface area contributed by atoms with Crippen LogP contribution in [-0.4, -0.2) is 32.8 Å². The molecule has 2 aromatic rings. The van der Waals surface area contributed by atoms with Crippen LogP contribution >= 0.6 is 0 Å². The van der Waals surface area contributed by atoms with Crippen LogP contribution in [0.15, 0.2) is 30.3 Å². The molecule has 0 saturated heterocycles. The first-order valence-electron chi connectivity index (χ1n) is 7.58. The van der Waals surface area contributed by atoms with Crippen LogP contribution in [0.5, 0.6) is 0 Å². The molecule has 0 spiro atoms. The lowest BCUT2D eigenvalue weighted by atomic mass is 9.84. The normalized spacial score (nSPS) is 13.3. The first-order chi connectivity index (χ1) is 10.0. The van der Waals surface area contributed by atoms with Gasteiger partial charge in [0, 0.05) is 12.5 Å². The second-order valence-electron chi connectivity index (χ2n) is 6.42. The summed E-state index contributed by atoms with van der Waals surface area (Å²) < 4.78 is 1.83. The monoisotopic (exact) mass is 287 g/mol. The Morgan fingerprint density at radius 1 is 1.19 bits per heavy atom. The Kier molecular flexibility index (Phi) is 5.07. The number of para-hydroxylation sites is 1. The molecule has 2 rings (SSSR count). The lowest BCUT2D eigenvalue weighted by Gasteiger charge is -2.31. The van der Waals surface area contributed by atoms with E-state index in [0.717, 1.165) is 30.9 Å². The Bertz CT molecular complexity index is 541. The number of hydrogen-bond acceptors (Lipinski definition) is 4. The van der Waals surface area contributed by atoms with Gasteiger partial charge in [-0.15, -0.1) is 5.10 Å². The minimum Gasteiger partial charge on any atom is -0.313 e. The predicted molar refractivity (Wildman–Crippen MR) is 84.4 cm³/mol. The van der Waals surface area contributed by atoms with Crippen molar-refractivity contribution in [2.75, 3.05) is 6.54 Å². The van der Waals surface area contributed by atoms with Crippen LogP contribution in [0.4, 0.5) is 0 Å². The fourth-order valence-corrected chi connectivity index (χ4v) is 2.29. The van der Waals surface area contributed by atoms with Crippen molar-refractivity contribution in [1.82, 2.24) is 25.5 Å². The highest BCUT2D eigenvalue weighted by Crippen LogP contribution is 2.22. The van der Waals surface area contributed by atoms with E-state index in [4.69, 9.17) is 0 Å². The van der Waals surface area contributed by atoms with Crippen molar-refractivity contribution in [2.24, 2.45) is 5.41 Å². The highest BCUT2D eigenvalue weighted by molar-refractivity contribution is 5.30. The van der Waals surface area contributed by atoms with E-state index in [1.165, 1.54) is 0 Å². The van der Waals surface area contributed by atoms with Gasteiger partial charge in [-0.05, 0) is 40.9 Å². The number of tetrazole rings is 1. The van der Waals surface area contributed by atoms with Gasteiger partial charge in [0.05, 0.1) is 5.69 Å². The van der Waals surface area contributed by atoms with Crippen molar-refractivity contribution in [1.29, 1.82) is 0 Å². The van der Waals surface area contributed by atoms with Crippen LogP contribution in [0, 0.1) is 5.41 Å². The third kappa shape index (κ3) is 4.11. The Labute approximate surface area is 126 Å². The highest BCUT2D eigenvalue weighted by Gasteiger charge is 2.26. The molecule has 0 aliphatic heterocycles. The molecular formula is C16H25N5. The Hall–Kier alpha value is -1.75. The summed E-state index contributed by atoms with van der Waals surface area (Å²) >= 11 is 0. The van der Waals surface area contributed by atoms with Crippen molar-refractivity contribution < 1.29 is 0 Å². The quantitative estimate of drug-likeness (QED) is 0.887. The number of aromatic nitrogens is 4. The summed E-state index contributed by atoms with van der Waals surface area (Å²) in [5.41, 5.74) is 1.16. The van der Waals surface area contributed by atoms with Gasteiger partial charge in [0.1, 0.15) is 0 Å². The third-order valence-corrected chi connectivity index (χ3v) is 3.61. The SMILES string of the molecule is CCCNC(Cc1nnnn1-c1ccccc1)C(C)(C)C. The Balaban J connectivity index is 2.20. The van der Waals surface area contributed by atoms with Crippen LogP contribution in [0.1, 0.15) is 39.9 Å². The van der Waals surface area contributed by atoms with E-state index in [0.29, 0.717) is 6.04 Å². The second kappa shape index (κ2) is 6.80. The molecule has 1 N–H and O–H groups in total. The van der Waals surface area contributed by atoms with Crippen molar-refractivity contribution in [3.8, 4) is 5.69 Å². The van der Waals surface area contributed by atoms with E-state index in [-0.39, 0.29) is 5.41 Å². The fraction of sp³-hybridized carbons (Fsp3) is 0.562. The van der Waals surface area contributed by atoms with Crippen LogP contribution in [0.3, 0.4) is 0 Å². The molecule has 1 unspecified atom stereocenters. The average molecular weight is 287 g/mol. The second-order valence-corrected chi connectivity index (χ2v) is 6.42. The molecule has 1 atom stereocenters. The largest absolute Gasteiger partial charge is 0.313 e. The summed E-state index contributed by atoms with van der Waals surface area (Å²) in [6.07, 6.45) is 1.93. The van der Waals surface area contributed by atoms with Crippen molar-refractivity contribution in [2.45, 2.75) is 46.6 Å². The molecule has 0 radical (unpaired) electrons. The standard InChI is InChI=1S/C16H25N5/c1-5-11-17-14(16(2,3)4)12-15-18-19-20-21(15)13-9-7-6-8-10-13/h6-10,14,17H,5,11-12H2,1-4H3. The molecule has 0 saturated carbocycles. The molecule has 1 aromatic carbocycles. The molecule has 21 heavy (non-hydrogen) atoms. The van der Waals surface area contributed by atoms with Gasteiger partial charge in [0.25, 0.3) is 0 Å². The summed E-state index contributed by atoms with van der Waals surface area (Å²) in [6, 6.07) is 10.4. The smallest absolute Gasteiger partial charge is 0.158 e. The number of rotatable bonds is 6. The lowest BCUT2D eigenvalue weighted by molar-refractivity contribution is 0.262. The zero-order valence-electron chi connectivity index (χ0n) is 13.4. The maximum absolute atomic E-state index is 4.22. The van der Waals surface area contributed by atoms with E-state index >= 15 is 0 Å². The summed E-state index contributed by atoms with van der Waals surface area (Å²) in [4.78, 5) is 0. The van der Waals surface area contributed by atoms with Gasteiger partial charge in [-0.1, -0.05) is 45.9 Å². The van der Waals surface area contributed by atoms with Crippen LogP contribution in [0.25, 0.3) is 5.69 Å². The summed E-state index contributed by atoms with van der Waals surface area (Å²) in [5, 5.41) is 15.8. The van der Waals surface area contributed by atoms with Crippen LogP contribution in [0.2, 0.25) is 0 Å². The van der Waals surface area contributed by atoms with E-state index in [1.54, 1.807) is 0 Å². The lowest BCUT2D eigenvalue weighted by Crippen LogP contribution is -2.42. The van der Waals surface area contributed by atoms with Gasteiger partial charge in [0.15, 0.2) is 5.82 Å². The summed E-state index contributed by atoms with van der Waals surface area (Å²) in [6.45, 7) is 9.93. The van der Waals surface area contributed by atoms with E-state index < -0.39 is 0 Å². The number of nitrogens with one attached hydrogen (secondary N) is 1. The first-order valence-corrected chi connectivity index (χ1v) is 7.58. The van der Waals surface area contributed by atoms with Crippen LogP contribution in [-0.2, 0) is 6.42 Å². The maximum atomic E-state index is 4.22. The molecule has 5 nitrogen and oxygen atoms in total. The van der Waals surface area contributed by atoms with Crippen molar-refractivity contribution in [3.05, 3.63) is 36.2 Å². The predicted octanol–water partition coefficient (Wildman–Crippen LogP) is 2.62. The molecular weight excluding hydrogens is 262 g/mol. The van der Waals surface area contributed by atoms with Gasteiger partial charge in [-0.2, -0.15) is 4.68 Å². The average Bonchev–Trinajstić information content (AvgIpc) is 2.91. The summed E-state index contributed by atoms with van der Waals surface area (Å²) in [5.74, 6) is 0.893. The van der Waals surface area contributed by atoms with E-state index in [2.05, 4.69) is 48.5 Å². The zero-order chi connectivity index (χ0) is 15.3. The minimum absolute atomic E-state index is 0.155. The minimum atomic E-state index is 0.155. The molecule has 1 aromatic heterocycles. The molecule has 0 amide bonds. The molecule has 0 aliphatic carbocycles. The fourth-order valence-electron chi connectivity index (χ4n) is 2.29. The van der Waals surface area contributed by atoms with E-state index in [9.17, 15) is 0 Å². The molecule has 0 bridgehead atoms. The highest BCUT2D eigenvalue weighted by atomic mass is 15.5. The maximum Gasteiger partial charge on any atom is 0.158 e. The van der Waals surface area contributed by atoms with Gasteiger partial charge >= 0.3 is 0 Å². The van der Waals surface area contributed by atoms with Crippen molar-refractivity contribution in [3.63, 3.8) is 0 Å². The Morgan fingerprint density at radius 2 is 1.90 bits per heavy atom. The zero-order valence-corrected chi connectivity index (χ0v) is 13.4. The topological polar surface area (TPSA) is 55.6 Å². The molecule has 1 heterocycles. The van der Waals surface area contributed by atoms with Gasteiger partial charge in [-0.3, -0.25) is 0 Å². The Morgan fingerprint density at radius 3 is 2.52 bits per heavy atom. The number of nitrogens with zero attached hydrogens (tertiary/aromatic N) is 4. The molecule has 5 heteroatoms. The molecule has 0 fully saturated rings. The summed E-state index contributed by atoms with van der Waals surface area (Å²) in [7, 11) is 0. The van der Waals surface area contributed by atoms with Crippen molar-refractivity contribution >= 4 is 0 Å². The number of benzene rings is 1.